The van der Waals surface area contributed by atoms with Gasteiger partial charge >= 0.3 is 6.09 Å². The normalized spacial score (nSPS) is 13.0. The number of benzene rings is 2. The molecule has 0 aliphatic rings. The van der Waals surface area contributed by atoms with E-state index in [1.807, 2.05) is 69.3 Å². The number of amides is 1. The molecule has 0 bridgehead atoms. The highest BCUT2D eigenvalue weighted by molar-refractivity contribution is 5.68. The third-order valence-corrected chi connectivity index (χ3v) is 5.10. The molecule has 2 atom stereocenters. The van der Waals surface area contributed by atoms with Crippen molar-refractivity contribution in [1.82, 2.24) is 4.90 Å². The highest BCUT2D eigenvalue weighted by Gasteiger charge is 2.29. The lowest BCUT2D eigenvalue weighted by molar-refractivity contribution is -0.00380. The summed E-state index contributed by atoms with van der Waals surface area (Å²) in [5, 5.41) is 0. The molecule has 0 unspecified atom stereocenters. The summed E-state index contributed by atoms with van der Waals surface area (Å²) in [6, 6.07) is 17.8. The van der Waals surface area contributed by atoms with Crippen molar-refractivity contribution in [3.63, 3.8) is 0 Å². The third kappa shape index (κ3) is 8.78. The van der Waals surface area contributed by atoms with E-state index < -0.39 is 5.60 Å². The van der Waals surface area contributed by atoms with Crippen molar-refractivity contribution < 1.29 is 19.0 Å². The molecule has 0 radical (unpaired) electrons. The van der Waals surface area contributed by atoms with Crippen LogP contribution < -0.4 is 4.74 Å². The van der Waals surface area contributed by atoms with Crippen LogP contribution in [0.15, 0.2) is 79.9 Å². The van der Waals surface area contributed by atoms with Gasteiger partial charge in [0.15, 0.2) is 0 Å². The van der Waals surface area contributed by atoms with Crippen molar-refractivity contribution in [3.05, 3.63) is 91.0 Å². The van der Waals surface area contributed by atoms with E-state index in [0.29, 0.717) is 26.0 Å². The molecule has 0 N–H and O–H groups in total. The fourth-order valence-corrected chi connectivity index (χ4v) is 3.51. The van der Waals surface area contributed by atoms with E-state index in [1.54, 1.807) is 18.1 Å². The van der Waals surface area contributed by atoms with E-state index in [1.165, 1.54) is 0 Å². The van der Waals surface area contributed by atoms with E-state index in [9.17, 15) is 4.79 Å². The molecule has 0 fully saturated rings. The highest BCUT2D eigenvalue weighted by atomic mass is 16.6. The summed E-state index contributed by atoms with van der Waals surface area (Å²) >= 11 is 0. The minimum Gasteiger partial charge on any atom is -0.497 e. The predicted molar refractivity (Wildman–Crippen MR) is 133 cm³/mol. The summed E-state index contributed by atoms with van der Waals surface area (Å²) in [4.78, 5) is 14.7. The molecule has 0 aliphatic heterocycles. The summed E-state index contributed by atoms with van der Waals surface area (Å²) in [5.41, 5.74) is 1.52. The van der Waals surface area contributed by atoms with Crippen LogP contribution in [0.1, 0.15) is 50.8 Å². The fraction of sp³-hybridized carbons (Fsp3) is 0.393. The molecule has 0 aliphatic carbocycles. The van der Waals surface area contributed by atoms with Gasteiger partial charge in [0, 0.05) is 12.6 Å². The lowest BCUT2D eigenvalue weighted by atomic mass is 9.98. The van der Waals surface area contributed by atoms with Crippen LogP contribution in [-0.4, -0.2) is 36.3 Å². The molecule has 178 valence electrons. The summed E-state index contributed by atoms with van der Waals surface area (Å²) < 4.78 is 17.3. The van der Waals surface area contributed by atoms with Gasteiger partial charge in [-0.1, -0.05) is 54.6 Å². The van der Waals surface area contributed by atoms with Crippen LogP contribution in [0, 0.1) is 0 Å². The van der Waals surface area contributed by atoms with Crippen molar-refractivity contribution in [2.75, 3.05) is 13.7 Å². The Hall–Kier alpha value is -3.05. The van der Waals surface area contributed by atoms with Crippen molar-refractivity contribution in [3.8, 4) is 5.75 Å². The SMILES string of the molecule is C=CC[C@H](C[C@@H](OCc1ccc(OC)cc1)c1ccccc1)N(CC=C)C(=O)OC(C)(C)C. The Morgan fingerprint density at radius 1 is 1.03 bits per heavy atom. The van der Waals surface area contributed by atoms with Crippen molar-refractivity contribution in [2.45, 2.75) is 58.0 Å². The van der Waals surface area contributed by atoms with Gasteiger partial charge in [0.1, 0.15) is 11.4 Å². The molecule has 0 spiro atoms. The molecule has 2 aromatic carbocycles. The van der Waals surface area contributed by atoms with Crippen LogP contribution in [0.4, 0.5) is 4.79 Å². The van der Waals surface area contributed by atoms with Gasteiger partial charge in [0.25, 0.3) is 0 Å². The van der Waals surface area contributed by atoms with Gasteiger partial charge in [0.05, 0.1) is 19.8 Å². The Morgan fingerprint density at radius 3 is 2.24 bits per heavy atom. The molecular formula is C28H37NO4. The zero-order chi connectivity index (χ0) is 24.3. The van der Waals surface area contributed by atoms with E-state index in [-0.39, 0.29) is 18.2 Å². The maximum absolute atomic E-state index is 13.0. The Labute approximate surface area is 198 Å². The van der Waals surface area contributed by atoms with Crippen LogP contribution in [0.3, 0.4) is 0 Å². The zero-order valence-electron chi connectivity index (χ0n) is 20.3. The maximum atomic E-state index is 13.0. The molecule has 5 nitrogen and oxygen atoms in total. The molecule has 0 saturated carbocycles. The Kier molecular flexibility index (Phi) is 10.2. The minimum absolute atomic E-state index is 0.156. The summed E-state index contributed by atoms with van der Waals surface area (Å²) in [6.07, 6.45) is 4.18. The van der Waals surface area contributed by atoms with Gasteiger partial charge in [-0.2, -0.15) is 0 Å². The average molecular weight is 452 g/mol. The quantitative estimate of drug-likeness (QED) is 0.337. The number of carbonyl (C=O) groups excluding carboxylic acids is 1. The molecule has 2 rings (SSSR count). The number of hydrogen-bond donors (Lipinski definition) is 0. The fourth-order valence-electron chi connectivity index (χ4n) is 3.51. The van der Waals surface area contributed by atoms with Crippen LogP contribution in [0.25, 0.3) is 0 Å². The molecule has 33 heavy (non-hydrogen) atoms. The topological polar surface area (TPSA) is 48.0 Å². The lowest BCUT2D eigenvalue weighted by Gasteiger charge is -2.34. The number of carbonyl (C=O) groups is 1. The van der Waals surface area contributed by atoms with Crippen LogP contribution in [0.2, 0.25) is 0 Å². The second-order valence-electron chi connectivity index (χ2n) is 8.89. The number of hydrogen-bond acceptors (Lipinski definition) is 4. The van der Waals surface area contributed by atoms with Gasteiger partial charge in [-0.3, -0.25) is 0 Å². The first-order valence-corrected chi connectivity index (χ1v) is 11.3. The smallest absolute Gasteiger partial charge is 0.410 e. The van der Waals surface area contributed by atoms with E-state index in [2.05, 4.69) is 25.3 Å². The third-order valence-electron chi connectivity index (χ3n) is 5.10. The Balaban J connectivity index is 2.25. The van der Waals surface area contributed by atoms with E-state index in [4.69, 9.17) is 14.2 Å². The summed E-state index contributed by atoms with van der Waals surface area (Å²) in [7, 11) is 1.65. The monoisotopic (exact) mass is 451 g/mol. The van der Waals surface area contributed by atoms with Gasteiger partial charge in [-0.15, -0.1) is 13.2 Å². The first-order chi connectivity index (χ1) is 15.8. The Bertz CT molecular complexity index is 871. The molecule has 5 heteroatoms. The summed E-state index contributed by atoms with van der Waals surface area (Å²) in [6.45, 7) is 14.2. The van der Waals surface area contributed by atoms with E-state index >= 15 is 0 Å². The molecule has 0 aromatic heterocycles. The van der Waals surface area contributed by atoms with Gasteiger partial charge < -0.3 is 19.1 Å². The standard InChI is InChI=1S/C28H37NO4/c1-7-12-24(29(19-8-2)27(30)33-28(3,4)5)20-26(23-13-10-9-11-14-23)32-21-22-15-17-25(31-6)18-16-22/h7-11,13-18,24,26H,1-2,12,19-21H2,3-6H3/t24-,26-/m1/s1. The first-order valence-electron chi connectivity index (χ1n) is 11.3. The zero-order valence-corrected chi connectivity index (χ0v) is 20.3. The molecule has 0 saturated heterocycles. The van der Waals surface area contributed by atoms with Crippen LogP contribution in [0.5, 0.6) is 5.75 Å². The minimum atomic E-state index is -0.584. The van der Waals surface area contributed by atoms with Gasteiger partial charge in [-0.25, -0.2) is 4.79 Å². The highest BCUT2D eigenvalue weighted by Crippen LogP contribution is 2.29. The molecule has 1 amide bonds. The largest absolute Gasteiger partial charge is 0.497 e. The van der Waals surface area contributed by atoms with Crippen molar-refractivity contribution >= 4 is 6.09 Å². The maximum Gasteiger partial charge on any atom is 0.410 e. The molecular weight excluding hydrogens is 414 g/mol. The molecule has 2 aromatic rings. The van der Waals surface area contributed by atoms with Gasteiger partial charge in [0.2, 0.25) is 0 Å². The number of methoxy groups -OCH3 is 1. The van der Waals surface area contributed by atoms with Crippen LogP contribution in [-0.2, 0) is 16.1 Å². The average Bonchev–Trinajstić information content (AvgIpc) is 2.79. The first kappa shape index (κ1) is 26.2. The van der Waals surface area contributed by atoms with Gasteiger partial charge in [-0.05, 0) is 56.9 Å². The van der Waals surface area contributed by atoms with Crippen LogP contribution >= 0.6 is 0 Å². The predicted octanol–water partition coefficient (Wildman–Crippen LogP) is 6.71. The number of ether oxygens (including phenoxy) is 3. The second kappa shape index (κ2) is 12.9. The molecule has 0 heterocycles. The van der Waals surface area contributed by atoms with Crippen molar-refractivity contribution in [1.29, 1.82) is 0 Å². The van der Waals surface area contributed by atoms with Crippen molar-refractivity contribution in [2.24, 2.45) is 0 Å². The van der Waals surface area contributed by atoms with E-state index in [0.717, 1.165) is 16.9 Å². The second-order valence-corrected chi connectivity index (χ2v) is 8.89. The number of rotatable bonds is 12. The summed E-state index contributed by atoms with van der Waals surface area (Å²) in [5.74, 6) is 0.807. The number of nitrogens with zero attached hydrogens (tertiary/aromatic N) is 1. The lowest BCUT2D eigenvalue weighted by Crippen LogP contribution is -2.44. The Morgan fingerprint density at radius 2 is 1.70 bits per heavy atom.